The Hall–Kier alpha value is -0.790. The lowest BCUT2D eigenvalue weighted by molar-refractivity contribution is 0.209. The molecule has 0 spiro atoms. The Kier molecular flexibility index (Phi) is 5.30. The summed E-state index contributed by atoms with van der Waals surface area (Å²) in [5.74, 6) is 1.05. The first-order valence-corrected chi connectivity index (χ1v) is 5.31. The van der Waals surface area contributed by atoms with E-state index in [0.29, 0.717) is 0 Å². The van der Waals surface area contributed by atoms with Gasteiger partial charge in [0.25, 0.3) is 0 Å². The minimum absolute atomic E-state index is 1.03. The molecule has 0 heterocycles. The normalized spacial score (nSPS) is 17.5. The summed E-state index contributed by atoms with van der Waals surface area (Å²) in [5.41, 5.74) is 0. The van der Waals surface area contributed by atoms with Crippen molar-refractivity contribution in [2.45, 2.75) is 51.9 Å². The van der Waals surface area contributed by atoms with E-state index in [4.69, 9.17) is 4.84 Å². The fourth-order valence-electron chi connectivity index (χ4n) is 1.34. The molecule has 0 N–H and O–H groups in total. The van der Waals surface area contributed by atoms with E-state index in [9.17, 15) is 0 Å². The second kappa shape index (κ2) is 6.70. The average Bonchev–Trinajstić information content (AvgIpc) is 2.19. The smallest absolute Gasteiger partial charge is 0.131 e. The third-order valence-electron chi connectivity index (χ3n) is 2.18. The Labute approximate surface area is 80.7 Å². The quantitative estimate of drug-likeness (QED) is 0.360. The Morgan fingerprint density at radius 3 is 3.15 bits per heavy atom. The summed E-state index contributed by atoms with van der Waals surface area (Å²) < 4.78 is 0. The van der Waals surface area contributed by atoms with Crippen LogP contribution < -0.4 is 0 Å². The van der Waals surface area contributed by atoms with Gasteiger partial charge in [-0.25, -0.2) is 0 Å². The molecule has 0 unspecified atom stereocenters. The van der Waals surface area contributed by atoms with Gasteiger partial charge in [0.05, 0.1) is 0 Å². The van der Waals surface area contributed by atoms with Gasteiger partial charge >= 0.3 is 0 Å². The van der Waals surface area contributed by atoms with Crippen LogP contribution in [0.5, 0.6) is 0 Å². The number of rotatable bonds is 5. The summed E-state index contributed by atoms with van der Waals surface area (Å²) >= 11 is 0. The highest BCUT2D eigenvalue weighted by Crippen LogP contribution is 2.17. The predicted octanol–water partition coefficient (Wildman–Crippen LogP) is 3.64. The van der Waals surface area contributed by atoms with Crippen LogP contribution in [0.2, 0.25) is 0 Å². The monoisotopic (exact) mass is 181 g/mol. The van der Waals surface area contributed by atoms with E-state index < -0.39 is 0 Å². The van der Waals surface area contributed by atoms with E-state index in [2.05, 4.69) is 18.2 Å². The number of oxime groups is 1. The standard InChI is InChI=1S/C11H19NO/c1-2-3-7-10-12-13-11-8-5-4-6-9-11/h8,10H,2-7,9H2,1H3. The zero-order chi connectivity index (χ0) is 9.36. The molecule has 74 valence electrons. The Balaban J connectivity index is 2.10. The molecule has 2 heteroatoms. The second-order valence-corrected chi connectivity index (χ2v) is 3.44. The van der Waals surface area contributed by atoms with Gasteiger partial charge in [0, 0.05) is 12.6 Å². The van der Waals surface area contributed by atoms with Crippen molar-refractivity contribution >= 4 is 6.21 Å². The summed E-state index contributed by atoms with van der Waals surface area (Å²) in [6.07, 6.45) is 12.2. The lowest BCUT2D eigenvalue weighted by Gasteiger charge is -2.08. The molecule has 0 bridgehead atoms. The van der Waals surface area contributed by atoms with Crippen LogP contribution in [0, 0.1) is 0 Å². The summed E-state index contributed by atoms with van der Waals surface area (Å²) in [6.45, 7) is 2.18. The lowest BCUT2D eigenvalue weighted by Crippen LogP contribution is -1.93. The van der Waals surface area contributed by atoms with Crippen LogP contribution in [0.3, 0.4) is 0 Å². The predicted molar refractivity (Wildman–Crippen MR) is 55.7 cm³/mol. The minimum atomic E-state index is 1.03. The summed E-state index contributed by atoms with van der Waals surface area (Å²) in [4.78, 5) is 5.26. The highest BCUT2D eigenvalue weighted by atomic mass is 16.6. The van der Waals surface area contributed by atoms with Gasteiger partial charge in [0.15, 0.2) is 0 Å². The van der Waals surface area contributed by atoms with E-state index in [1.807, 2.05) is 6.21 Å². The van der Waals surface area contributed by atoms with Crippen LogP contribution in [0.15, 0.2) is 17.0 Å². The maximum atomic E-state index is 5.26. The summed E-state index contributed by atoms with van der Waals surface area (Å²) in [6, 6.07) is 0. The van der Waals surface area contributed by atoms with Crippen molar-refractivity contribution in [2.75, 3.05) is 0 Å². The van der Waals surface area contributed by atoms with Gasteiger partial charge in [-0.05, 0) is 38.2 Å². The SMILES string of the molecule is CCCCC=NOC1=CCCCC1. The average molecular weight is 181 g/mol. The van der Waals surface area contributed by atoms with Gasteiger partial charge in [0.1, 0.15) is 5.76 Å². The number of allylic oxidation sites excluding steroid dienone is 2. The molecule has 1 aliphatic rings. The van der Waals surface area contributed by atoms with Crippen molar-refractivity contribution < 1.29 is 4.84 Å². The van der Waals surface area contributed by atoms with Crippen molar-refractivity contribution in [1.82, 2.24) is 0 Å². The van der Waals surface area contributed by atoms with E-state index in [1.165, 1.54) is 25.7 Å². The van der Waals surface area contributed by atoms with Crippen molar-refractivity contribution in [3.8, 4) is 0 Å². The first-order valence-electron chi connectivity index (χ1n) is 5.31. The largest absolute Gasteiger partial charge is 0.362 e. The molecule has 0 aromatic rings. The molecule has 0 saturated carbocycles. The minimum Gasteiger partial charge on any atom is -0.362 e. The maximum absolute atomic E-state index is 5.26. The first-order chi connectivity index (χ1) is 6.43. The third-order valence-corrected chi connectivity index (χ3v) is 2.18. The van der Waals surface area contributed by atoms with Gasteiger partial charge in [-0.2, -0.15) is 0 Å². The number of nitrogens with zero attached hydrogens (tertiary/aromatic N) is 1. The van der Waals surface area contributed by atoms with Crippen LogP contribution in [0.25, 0.3) is 0 Å². The molecule has 0 fully saturated rings. The zero-order valence-electron chi connectivity index (χ0n) is 8.46. The zero-order valence-corrected chi connectivity index (χ0v) is 8.46. The topological polar surface area (TPSA) is 21.6 Å². The second-order valence-electron chi connectivity index (χ2n) is 3.44. The molecular weight excluding hydrogens is 162 g/mol. The lowest BCUT2D eigenvalue weighted by atomic mass is 10.1. The van der Waals surface area contributed by atoms with Crippen molar-refractivity contribution in [3.05, 3.63) is 11.8 Å². The molecule has 1 rings (SSSR count). The van der Waals surface area contributed by atoms with Crippen LogP contribution in [0.1, 0.15) is 51.9 Å². The van der Waals surface area contributed by atoms with Crippen LogP contribution >= 0.6 is 0 Å². The van der Waals surface area contributed by atoms with Gasteiger partial charge < -0.3 is 4.84 Å². The molecule has 0 aliphatic heterocycles. The fraction of sp³-hybridized carbons (Fsp3) is 0.727. The molecule has 0 radical (unpaired) electrons. The van der Waals surface area contributed by atoms with Crippen LogP contribution in [-0.2, 0) is 4.84 Å². The molecule has 0 aromatic carbocycles. The van der Waals surface area contributed by atoms with E-state index in [-0.39, 0.29) is 0 Å². The fourth-order valence-corrected chi connectivity index (χ4v) is 1.34. The van der Waals surface area contributed by atoms with Crippen molar-refractivity contribution in [1.29, 1.82) is 0 Å². The molecule has 2 nitrogen and oxygen atoms in total. The number of hydrogen-bond donors (Lipinski definition) is 0. The summed E-state index contributed by atoms with van der Waals surface area (Å²) in [5, 5.41) is 3.94. The van der Waals surface area contributed by atoms with Gasteiger partial charge in [0.2, 0.25) is 0 Å². The highest BCUT2D eigenvalue weighted by molar-refractivity contribution is 5.56. The first kappa shape index (κ1) is 10.3. The Morgan fingerprint density at radius 2 is 2.46 bits per heavy atom. The Morgan fingerprint density at radius 1 is 1.54 bits per heavy atom. The van der Waals surface area contributed by atoms with Crippen molar-refractivity contribution in [2.24, 2.45) is 5.16 Å². The molecule has 13 heavy (non-hydrogen) atoms. The van der Waals surface area contributed by atoms with Gasteiger partial charge in [-0.3, -0.25) is 0 Å². The number of unbranched alkanes of at least 4 members (excludes halogenated alkanes) is 2. The van der Waals surface area contributed by atoms with Crippen LogP contribution in [0.4, 0.5) is 0 Å². The molecule has 0 amide bonds. The molecule has 0 aromatic heterocycles. The third kappa shape index (κ3) is 4.71. The molecule has 1 aliphatic carbocycles. The maximum Gasteiger partial charge on any atom is 0.131 e. The number of hydrogen-bond acceptors (Lipinski definition) is 2. The highest BCUT2D eigenvalue weighted by Gasteiger charge is 2.03. The van der Waals surface area contributed by atoms with E-state index in [0.717, 1.165) is 25.0 Å². The Bertz CT molecular complexity index is 185. The van der Waals surface area contributed by atoms with Gasteiger partial charge in [-0.15, -0.1) is 0 Å². The van der Waals surface area contributed by atoms with Crippen LogP contribution in [-0.4, -0.2) is 6.21 Å². The van der Waals surface area contributed by atoms with Crippen molar-refractivity contribution in [3.63, 3.8) is 0 Å². The molecular formula is C11H19NO. The summed E-state index contributed by atoms with van der Waals surface area (Å²) in [7, 11) is 0. The molecule has 0 saturated heterocycles. The van der Waals surface area contributed by atoms with E-state index in [1.54, 1.807) is 0 Å². The van der Waals surface area contributed by atoms with E-state index >= 15 is 0 Å². The van der Waals surface area contributed by atoms with Gasteiger partial charge in [-0.1, -0.05) is 18.5 Å². The molecule has 0 atom stereocenters.